The Morgan fingerprint density at radius 3 is 2.59 bits per heavy atom. The molecular weight excluding hydrogens is 362 g/mol. The van der Waals surface area contributed by atoms with Crippen LogP contribution in [0.2, 0.25) is 0 Å². The van der Waals surface area contributed by atoms with Crippen molar-refractivity contribution in [3.05, 3.63) is 24.3 Å². The predicted molar refractivity (Wildman–Crippen MR) is 108 cm³/mol. The third-order valence-electron chi connectivity index (χ3n) is 5.44. The highest BCUT2D eigenvalue weighted by atomic mass is 32.2. The first-order chi connectivity index (χ1) is 13.2. The Balaban J connectivity index is 1.38. The Morgan fingerprint density at radius 2 is 1.89 bits per heavy atom. The van der Waals surface area contributed by atoms with Gasteiger partial charge in [-0.05, 0) is 69.1 Å². The van der Waals surface area contributed by atoms with Crippen LogP contribution in [0.15, 0.2) is 29.2 Å². The maximum atomic E-state index is 12.1. The highest BCUT2D eigenvalue weighted by molar-refractivity contribution is 7.98. The molecule has 6 nitrogen and oxygen atoms in total. The number of hydrogen-bond donors (Lipinski definition) is 2. The molecule has 1 aromatic carbocycles. The predicted octanol–water partition coefficient (Wildman–Crippen LogP) is 2.35. The Bertz CT molecular complexity index is 641. The first-order valence-electron chi connectivity index (χ1n) is 9.70. The first-order valence-corrected chi connectivity index (χ1v) is 10.9. The minimum atomic E-state index is -0.604. The second-order valence-corrected chi connectivity index (χ2v) is 8.10. The summed E-state index contributed by atoms with van der Waals surface area (Å²) in [5.41, 5.74) is 0.645. The summed E-state index contributed by atoms with van der Waals surface area (Å²) < 4.78 is 5.44. The lowest BCUT2D eigenvalue weighted by Gasteiger charge is -2.39. The molecule has 2 saturated heterocycles. The molecule has 27 heavy (non-hydrogen) atoms. The molecule has 2 N–H and O–H groups in total. The van der Waals surface area contributed by atoms with Gasteiger partial charge >= 0.3 is 11.8 Å². The summed E-state index contributed by atoms with van der Waals surface area (Å²) in [6, 6.07) is 8.13. The number of carbonyl (C=O) groups is 2. The Labute approximate surface area is 165 Å². The first kappa shape index (κ1) is 20.2. The molecule has 0 aromatic heterocycles. The molecule has 0 atom stereocenters. The van der Waals surface area contributed by atoms with Crippen LogP contribution in [0.4, 0.5) is 5.69 Å². The molecule has 2 aliphatic rings. The van der Waals surface area contributed by atoms with Crippen molar-refractivity contribution in [2.45, 2.75) is 36.6 Å². The Morgan fingerprint density at radius 1 is 1.15 bits per heavy atom. The fraction of sp³-hybridized carbons (Fsp3) is 0.600. The van der Waals surface area contributed by atoms with Gasteiger partial charge in [0.25, 0.3) is 0 Å². The van der Waals surface area contributed by atoms with Crippen molar-refractivity contribution in [1.82, 2.24) is 10.2 Å². The highest BCUT2D eigenvalue weighted by Gasteiger charge is 2.27. The van der Waals surface area contributed by atoms with Gasteiger partial charge in [-0.25, -0.2) is 0 Å². The molecule has 3 rings (SSSR count). The zero-order chi connectivity index (χ0) is 19.1. The summed E-state index contributed by atoms with van der Waals surface area (Å²) in [6.45, 7) is 4.45. The van der Waals surface area contributed by atoms with Crippen molar-refractivity contribution in [2.75, 3.05) is 44.4 Å². The lowest BCUT2D eigenvalue weighted by atomic mass is 9.94. The van der Waals surface area contributed by atoms with Crippen molar-refractivity contribution in [1.29, 1.82) is 0 Å². The number of rotatable bonds is 5. The number of thioether (sulfide) groups is 1. The van der Waals surface area contributed by atoms with E-state index in [0.717, 1.165) is 56.9 Å². The van der Waals surface area contributed by atoms with E-state index in [1.165, 1.54) is 0 Å². The van der Waals surface area contributed by atoms with Gasteiger partial charge < -0.3 is 20.3 Å². The molecule has 2 fully saturated rings. The molecule has 148 valence electrons. The van der Waals surface area contributed by atoms with Gasteiger partial charge in [-0.1, -0.05) is 6.07 Å². The molecule has 1 aromatic rings. The van der Waals surface area contributed by atoms with Crippen LogP contribution < -0.4 is 10.6 Å². The van der Waals surface area contributed by atoms with Gasteiger partial charge in [-0.15, -0.1) is 11.8 Å². The fourth-order valence-corrected chi connectivity index (χ4v) is 4.24. The van der Waals surface area contributed by atoms with Crippen LogP contribution in [0.1, 0.15) is 25.7 Å². The molecule has 0 spiro atoms. The maximum absolute atomic E-state index is 12.1. The van der Waals surface area contributed by atoms with E-state index in [1.54, 1.807) is 17.8 Å². The number of nitrogens with zero attached hydrogens (tertiary/aromatic N) is 1. The Hall–Kier alpha value is -1.57. The zero-order valence-corrected chi connectivity index (χ0v) is 16.7. The molecule has 2 heterocycles. The molecule has 0 bridgehead atoms. The summed E-state index contributed by atoms with van der Waals surface area (Å²) in [7, 11) is 0. The molecule has 0 saturated carbocycles. The number of anilines is 1. The minimum Gasteiger partial charge on any atom is -0.381 e. The average molecular weight is 392 g/mol. The van der Waals surface area contributed by atoms with Crippen molar-refractivity contribution in [3.63, 3.8) is 0 Å². The minimum absolute atomic E-state index is 0.442. The topological polar surface area (TPSA) is 70.7 Å². The fourth-order valence-electron chi connectivity index (χ4n) is 3.78. The van der Waals surface area contributed by atoms with E-state index in [9.17, 15) is 9.59 Å². The van der Waals surface area contributed by atoms with Crippen molar-refractivity contribution in [3.8, 4) is 0 Å². The Kier molecular flexibility index (Phi) is 7.55. The van der Waals surface area contributed by atoms with Crippen LogP contribution in [-0.2, 0) is 14.3 Å². The quantitative estimate of drug-likeness (QED) is 0.596. The van der Waals surface area contributed by atoms with Crippen molar-refractivity contribution < 1.29 is 14.3 Å². The van der Waals surface area contributed by atoms with Crippen LogP contribution in [0.3, 0.4) is 0 Å². The third kappa shape index (κ3) is 5.96. The molecule has 0 radical (unpaired) electrons. The number of hydrogen-bond acceptors (Lipinski definition) is 5. The largest absolute Gasteiger partial charge is 0.381 e. The summed E-state index contributed by atoms with van der Waals surface area (Å²) in [5.74, 6) is -0.720. The van der Waals surface area contributed by atoms with Crippen molar-refractivity contribution in [2.24, 2.45) is 5.92 Å². The number of carbonyl (C=O) groups excluding carboxylic acids is 2. The summed E-state index contributed by atoms with van der Waals surface area (Å²) in [5, 5.41) is 5.47. The number of nitrogens with one attached hydrogen (secondary N) is 2. The molecular formula is C20H29N3O3S. The molecule has 0 unspecified atom stereocenters. The van der Waals surface area contributed by atoms with Gasteiger partial charge in [0.2, 0.25) is 0 Å². The number of benzene rings is 1. The average Bonchev–Trinajstić information content (AvgIpc) is 2.73. The number of piperidine rings is 1. The standard InChI is InChI=1S/C20H29N3O3S/c1-27-18-4-2-3-16(13-18)22-20(25)19(24)21-14-15-5-9-23(10-6-15)17-7-11-26-12-8-17/h2-4,13,15,17H,5-12,14H2,1H3,(H,21,24)(H,22,25). The second kappa shape index (κ2) is 10.1. The normalized spacial score (nSPS) is 19.6. The summed E-state index contributed by atoms with van der Waals surface area (Å²) in [6.07, 6.45) is 6.35. The van der Waals surface area contributed by atoms with Crippen LogP contribution in [0.25, 0.3) is 0 Å². The number of likely N-dealkylation sites (tertiary alicyclic amines) is 1. The van der Waals surface area contributed by atoms with Gasteiger partial charge in [0, 0.05) is 36.4 Å². The number of amides is 2. The number of ether oxygens (including phenoxy) is 1. The SMILES string of the molecule is CSc1cccc(NC(=O)C(=O)NCC2CCN(C3CCOCC3)CC2)c1. The van der Waals surface area contributed by atoms with E-state index in [0.29, 0.717) is 24.2 Å². The maximum Gasteiger partial charge on any atom is 0.313 e. The third-order valence-corrected chi connectivity index (χ3v) is 6.17. The highest BCUT2D eigenvalue weighted by Crippen LogP contribution is 2.23. The van der Waals surface area contributed by atoms with E-state index >= 15 is 0 Å². The van der Waals surface area contributed by atoms with Crippen LogP contribution in [-0.4, -0.2) is 61.9 Å². The van der Waals surface area contributed by atoms with E-state index in [-0.39, 0.29) is 0 Å². The van der Waals surface area contributed by atoms with E-state index in [1.807, 2.05) is 24.5 Å². The van der Waals surface area contributed by atoms with Gasteiger partial charge in [0.1, 0.15) is 0 Å². The molecule has 2 aliphatic heterocycles. The van der Waals surface area contributed by atoms with Gasteiger partial charge in [-0.2, -0.15) is 0 Å². The second-order valence-electron chi connectivity index (χ2n) is 7.22. The van der Waals surface area contributed by atoms with Crippen molar-refractivity contribution >= 4 is 29.3 Å². The van der Waals surface area contributed by atoms with Gasteiger partial charge in [0.15, 0.2) is 0 Å². The summed E-state index contributed by atoms with van der Waals surface area (Å²) in [4.78, 5) is 27.8. The monoisotopic (exact) mass is 391 g/mol. The van der Waals surface area contributed by atoms with Crippen LogP contribution >= 0.6 is 11.8 Å². The molecule has 0 aliphatic carbocycles. The van der Waals surface area contributed by atoms with E-state index in [4.69, 9.17) is 4.74 Å². The van der Waals surface area contributed by atoms with E-state index < -0.39 is 11.8 Å². The van der Waals surface area contributed by atoms with Gasteiger partial charge in [-0.3, -0.25) is 9.59 Å². The molecule has 7 heteroatoms. The molecule has 2 amide bonds. The smallest absolute Gasteiger partial charge is 0.313 e. The lowest BCUT2D eigenvalue weighted by molar-refractivity contribution is -0.136. The van der Waals surface area contributed by atoms with Crippen LogP contribution in [0, 0.1) is 5.92 Å². The summed E-state index contributed by atoms with van der Waals surface area (Å²) >= 11 is 1.60. The lowest BCUT2D eigenvalue weighted by Crippen LogP contribution is -2.46. The van der Waals surface area contributed by atoms with Crippen LogP contribution in [0.5, 0.6) is 0 Å². The van der Waals surface area contributed by atoms with E-state index in [2.05, 4.69) is 15.5 Å². The zero-order valence-electron chi connectivity index (χ0n) is 15.9. The van der Waals surface area contributed by atoms with Gasteiger partial charge in [0.05, 0.1) is 0 Å².